The fourth-order valence-corrected chi connectivity index (χ4v) is 1.38. The molecule has 0 fully saturated rings. The first-order chi connectivity index (χ1) is 6.90. The number of aliphatic hydroxyl groups is 1. The number of furan rings is 1. The molecule has 0 spiro atoms. The molecule has 4 nitrogen and oxygen atoms in total. The molecule has 0 aliphatic heterocycles. The minimum absolute atomic E-state index is 0.131. The Kier molecular flexibility index (Phi) is 3.19. The van der Waals surface area contributed by atoms with Crippen LogP contribution in [0.5, 0.6) is 0 Å². The Hall–Kier alpha value is -1.29. The van der Waals surface area contributed by atoms with E-state index in [9.17, 15) is 4.79 Å². The van der Waals surface area contributed by atoms with E-state index in [-0.39, 0.29) is 17.8 Å². The third kappa shape index (κ3) is 2.39. The van der Waals surface area contributed by atoms with Gasteiger partial charge in [-0.05, 0) is 6.07 Å². The Bertz CT molecular complexity index is 357. The SMILES string of the molecule is COC(=O)c1cc(CO)c(C(C)(C)C)o1. The van der Waals surface area contributed by atoms with Crippen molar-refractivity contribution in [2.45, 2.75) is 32.8 Å². The number of rotatable bonds is 2. The predicted molar refractivity (Wildman–Crippen MR) is 54.7 cm³/mol. The number of hydrogen-bond acceptors (Lipinski definition) is 4. The molecule has 0 aliphatic rings. The maximum absolute atomic E-state index is 11.2. The van der Waals surface area contributed by atoms with Crippen LogP contribution in [0.2, 0.25) is 0 Å². The number of carbonyl (C=O) groups is 1. The number of ether oxygens (including phenoxy) is 1. The van der Waals surface area contributed by atoms with Crippen molar-refractivity contribution in [1.29, 1.82) is 0 Å². The van der Waals surface area contributed by atoms with E-state index in [1.54, 1.807) is 0 Å². The van der Waals surface area contributed by atoms with E-state index >= 15 is 0 Å². The molecule has 15 heavy (non-hydrogen) atoms. The van der Waals surface area contributed by atoms with Crippen molar-refractivity contribution < 1.29 is 19.1 Å². The van der Waals surface area contributed by atoms with Gasteiger partial charge in [0.2, 0.25) is 5.76 Å². The van der Waals surface area contributed by atoms with Gasteiger partial charge in [0, 0.05) is 11.0 Å². The second kappa shape index (κ2) is 4.06. The largest absolute Gasteiger partial charge is 0.463 e. The van der Waals surface area contributed by atoms with Gasteiger partial charge in [-0.3, -0.25) is 0 Å². The first kappa shape index (κ1) is 11.8. The molecule has 4 heteroatoms. The summed E-state index contributed by atoms with van der Waals surface area (Å²) >= 11 is 0. The van der Waals surface area contributed by atoms with Crippen LogP contribution >= 0.6 is 0 Å². The summed E-state index contributed by atoms with van der Waals surface area (Å²) in [4.78, 5) is 11.2. The van der Waals surface area contributed by atoms with Gasteiger partial charge in [0.15, 0.2) is 0 Å². The number of methoxy groups -OCH3 is 1. The van der Waals surface area contributed by atoms with Crippen molar-refractivity contribution in [2.24, 2.45) is 0 Å². The highest BCUT2D eigenvalue weighted by molar-refractivity contribution is 5.86. The molecule has 0 amide bonds. The van der Waals surface area contributed by atoms with Crippen LogP contribution in [-0.2, 0) is 16.8 Å². The molecule has 0 radical (unpaired) electrons. The van der Waals surface area contributed by atoms with Crippen LogP contribution in [0.4, 0.5) is 0 Å². The van der Waals surface area contributed by atoms with Crippen LogP contribution in [0.3, 0.4) is 0 Å². The average Bonchev–Trinajstić information content (AvgIpc) is 2.59. The molecule has 1 heterocycles. The molecule has 1 aromatic rings. The first-order valence-corrected chi connectivity index (χ1v) is 4.72. The molecule has 0 saturated heterocycles. The molecule has 0 saturated carbocycles. The Morgan fingerprint density at radius 3 is 2.47 bits per heavy atom. The summed E-state index contributed by atoms with van der Waals surface area (Å²) in [6.45, 7) is 5.71. The van der Waals surface area contributed by atoms with E-state index in [4.69, 9.17) is 9.52 Å². The lowest BCUT2D eigenvalue weighted by Crippen LogP contribution is -2.12. The second-order valence-electron chi connectivity index (χ2n) is 4.36. The van der Waals surface area contributed by atoms with E-state index in [1.165, 1.54) is 13.2 Å². The lowest BCUT2D eigenvalue weighted by Gasteiger charge is -2.16. The van der Waals surface area contributed by atoms with Crippen LogP contribution in [-0.4, -0.2) is 18.2 Å². The Morgan fingerprint density at radius 1 is 1.53 bits per heavy atom. The minimum atomic E-state index is -0.528. The molecule has 0 unspecified atom stereocenters. The van der Waals surface area contributed by atoms with Crippen molar-refractivity contribution >= 4 is 5.97 Å². The van der Waals surface area contributed by atoms with E-state index < -0.39 is 5.97 Å². The zero-order valence-electron chi connectivity index (χ0n) is 9.46. The summed E-state index contributed by atoms with van der Waals surface area (Å²) < 4.78 is 9.94. The molecule has 84 valence electrons. The zero-order valence-corrected chi connectivity index (χ0v) is 9.46. The minimum Gasteiger partial charge on any atom is -0.463 e. The van der Waals surface area contributed by atoms with Crippen molar-refractivity contribution in [1.82, 2.24) is 0 Å². The summed E-state index contributed by atoms with van der Waals surface area (Å²) in [5, 5.41) is 9.14. The maximum Gasteiger partial charge on any atom is 0.373 e. The van der Waals surface area contributed by atoms with E-state index in [0.29, 0.717) is 11.3 Å². The van der Waals surface area contributed by atoms with Gasteiger partial charge in [-0.1, -0.05) is 20.8 Å². The zero-order chi connectivity index (χ0) is 11.6. The lowest BCUT2D eigenvalue weighted by atomic mass is 9.91. The van der Waals surface area contributed by atoms with Crippen molar-refractivity contribution in [3.8, 4) is 0 Å². The topological polar surface area (TPSA) is 59.7 Å². The molecular formula is C11H16O4. The summed E-state index contributed by atoms with van der Waals surface area (Å²) in [6.07, 6.45) is 0. The molecule has 1 N–H and O–H groups in total. The summed E-state index contributed by atoms with van der Waals surface area (Å²) in [7, 11) is 1.29. The van der Waals surface area contributed by atoms with Crippen LogP contribution < -0.4 is 0 Å². The standard InChI is InChI=1S/C11H16O4/c1-11(2,3)9-7(6-12)5-8(15-9)10(13)14-4/h5,12H,6H2,1-4H3. The van der Waals surface area contributed by atoms with Crippen LogP contribution in [0.15, 0.2) is 10.5 Å². The van der Waals surface area contributed by atoms with Gasteiger partial charge in [0.25, 0.3) is 0 Å². The molecule has 0 bridgehead atoms. The smallest absolute Gasteiger partial charge is 0.373 e. The Balaban J connectivity index is 3.17. The number of aliphatic hydroxyl groups excluding tert-OH is 1. The van der Waals surface area contributed by atoms with Gasteiger partial charge >= 0.3 is 5.97 Å². The number of hydrogen-bond donors (Lipinski definition) is 1. The third-order valence-electron chi connectivity index (χ3n) is 2.05. The molecule has 0 aromatic carbocycles. The van der Waals surface area contributed by atoms with E-state index in [1.807, 2.05) is 20.8 Å². The third-order valence-corrected chi connectivity index (χ3v) is 2.05. The number of esters is 1. The highest BCUT2D eigenvalue weighted by atomic mass is 16.5. The average molecular weight is 212 g/mol. The normalized spacial score (nSPS) is 11.5. The fraction of sp³-hybridized carbons (Fsp3) is 0.545. The molecule has 1 rings (SSSR count). The Morgan fingerprint density at radius 2 is 2.13 bits per heavy atom. The monoisotopic (exact) mass is 212 g/mol. The van der Waals surface area contributed by atoms with E-state index in [0.717, 1.165) is 0 Å². The summed E-state index contributed by atoms with van der Waals surface area (Å²) in [5.41, 5.74) is 0.382. The van der Waals surface area contributed by atoms with E-state index in [2.05, 4.69) is 4.74 Å². The quantitative estimate of drug-likeness (QED) is 0.760. The number of carbonyl (C=O) groups excluding carboxylic acids is 1. The van der Waals surface area contributed by atoms with Crippen LogP contribution in [0.1, 0.15) is 42.6 Å². The van der Waals surface area contributed by atoms with Gasteiger partial charge in [0.05, 0.1) is 13.7 Å². The second-order valence-corrected chi connectivity index (χ2v) is 4.36. The van der Waals surface area contributed by atoms with Gasteiger partial charge in [0.1, 0.15) is 5.76 Å². The molecule has 1 aromatic heterocycles. The highest BCUT2D eigenvalue weighted by Crippen LogP contribution is 2.29. The Labute approximate surface area is 88.8 Å². The van der Waals surface area contributed by atoms with Crippen molar-refractivity contribution in [3.05, 3.63) is 23.2 Å². The molecular weight excluding hydrogens is 196 g/mol. The van der Waals surface area contributed by atoms with Crippen LogP contribution in [0.25, 0.3) is 0 Å². The maximum atomic E-state index is 11.2. The molecule has 0 aliphatic carbocycles. The van der Waals surface area contributed by atoms with Gasteiger partial charge in [-0.25, -0.2) is 4.79 Å². The summed E-state index contributed by atoms with van der Waals surface area (Å²) in [5.74, 6) is 0.220. The lowest BCUT2D eigenvalue weighted by molar-refractivity contribution is 0.0561. The fourth-order valence-electron chi connectivity index (χ4n) is 1.38. The van der Waals surface area contributed by atoms with Crippen molar-refractivity contribution in [3.63, 3.8) is 0 Å². The first-order valence-electron chi connectivity index (χ1n) is 4.72. The van der Waals surface area contributed by atoms with Gasteiger partial charge in [-0.2, -0.15) is 0 Å². The predicted octanol–water partition coefficient (Wildman–Crippen LogP) is 1.86. The van der Waals surface area contributed by atoms with Crippen molar-refractivity contribution in [2.75, 3.05) is 7.11 Å². The molecule has 0 atom stereocenters. The van der Waals surface area contributed by atoms with Gasteiger partial charge < -0.3 is 14.3 Å². The highest BCUT2D eigenvalue weighted by Gasteiger charge is 2.25. The summed E-state index contributed by atoms with van der Waals surface area (Å²) in [6, 6.07) is 1.52. The van der Waals surface area contributed by atoms with Crippen LogP contribution in [0, 0.1) is 0 Å². The van der Waals surface area contributed by atoms with Gasteiger partial charge in [-0.15, -0.1) is 0 Å².